The molecule has 0 radical (unpaired) electrons. The zero-order valence-corrected chi connectivity index (χ0v) is 17.2. The van der Waals surface area contributed by atoms with Crippen molar-refractivity contribution in [3.63, 3.8) is 0 Å². The zero-order chi connectivity index (χ0) is 20.7. The Balaban J connectivity index is 1.76. The highest BCUT2D eigenvalue weighted by atomic mass is 32.2. The molecule has 10 heteroatoms. The van der Waals surface area contributed by atoms with Gasteiger partial charge in [0.25, 0.3) is 0 Å². The van der Waals surface area contributed by atoms with Crippen LogP contribution in [0.3, 0.4) is 0 Å². The lowest BCUT2D eigenvalue weighted by Gasteiger charge is -2.46. The fraction of sp³-hybridized carbons (Fsp3) is 0.722. The van der Waals surface area contributed by atoms with Crippen LogP contribution in [0.2, 0.25) is 0 Å². The Bertz CT molecular complexity index is 711. The minimum absolute atomic E-state index is 0.0300. The number of carbonyl (C=O) groups is 3. The van der Waals surface area contributed by atoms with E-state index in [4.69, 9.17) is 4.74 Å². The smallest absolute Gasteiger partial charge is 0.353 e. The van der Waals surface area contributed by atoms with Crippen molar-refractivity contribution in [2.45, 2.75) is 49.8 Å². The van der Waals surface area contributed by atoms with Crippen molar-refractivity contribution in [2.75, 3.05) is 20.7 Å². The van der Waals surface area contributed by atoms with E-state index >= 15 is 0 Å². The van der Waals surface area contributed by atoms with Crippen LogP contribution in [0.1, 0.15) is 20.3 Å². The summed E-state index contributed by atoms with van der Waals surface area (Å²) < 4.78 is 5.31. The van der Waals surface area contributed by atoms with Crippen LogP contribution in [-0.2, 0) is 19.1 Å². The van der Waals surface area contributed by atoms with Crippen LogP contribution in [0, 0.1) is 11.8 Å². The number of carbonyl (C=O) groups excluding carboxylic acids is 2. The number of β-lactam (4-membered cyclic amide) rings is 1. The fourth-order valence-corrected chi connectivity index (χ4v) is 6.00. The fourth-order valence-electron chi connectivity index (χ4n) is 4.51. The van der Waals surface area contributed by atoms with E-state index in [-0.39, 0.29) is 40.8 Å². The third-order valence-corrected chi connectivity index (χ3v) is 7.36. The van der Waals surface area contributed by atoms with Gasteiger partial charge in [-0.15, -0.1) is 11.8 Å². The first-order valence-corrected chi connectivity index (χ1v) is 10.2. The maximum Gasteiger partial charge on any atom is 0.353 e. The molecule has 4 N–H and O–H groups in total. The average Bonchev–Trinajstić information content (AvgIpc) is 3.18. The molecular formula is C18H27N3O6S. The molecule has 0 saturated carbocycles. The van der Waals surface area contributed by atoms with E-state index in [0.29, 0.717) is 17.9 Å². The normalized spacial score (nSPS) is 34.1. The first kappa shape index (κ1) is 21.1. The lowest BCUT2D eigenvalue weighted by atomic mass is 9.79. The number of aliphatic carboxylic acids is 1. The van der Waals surface area contributed by atoms with E-state index in [1.54, 1.807) is 14.0 Å². The highest BCUT2D eigenvalue weighted by Crippen LogP contribution is 2.51. The molecule has 2 amide bonds. The quantitative estimate of drug-likeness (QED) is 0.406. The number of likely N-dealkylation sites (N-methyl/N-ethyl adjacent to an activating group) is 1. The molecule has 9 nitrogen and oxygen atoms in total. The van der Waals surface area contributed by atoms with Crippen molar-refractivity contribution in [1.82, 2.24) is 15.5 Å². The van der Waals surface area contributed by atoms with Gasteiger partial charge in [-0.2, -0.15) is 0 Å². The molecule has 1 unspecified atom stereocenters. The second kappa shape index (κ2) is 8.02. The topological polar surface area (TPSA) is 128 Å². The Hall–Kier alpha value is -1.62. The van der Waals surface area contributed by atoms with Crippen LogP contribution in [-0.4, -0.2) is 83.1 Å². The maximum atomic E-state index is 12.4. The van der Waals surface area contributed by atoms with Crippen LogP contribution in [0.25, 0.3) is 0 Å². The monoisotopic (exact) mass is 413 g/mol. The molecule has 3 heterocycles. The van der Waals surface area contributed by atoms with Crippen molar-refractivity contribution < 1.29 is 29.3 Å². The van der Waals surface area contributed by atoms with Crippen LogP contribution in [0.4, 0.5) is 0 Å². The second-order valence-corrected chi connectivity index (χ2v) is 8.87. The van der Waals surface area contributed by atoms with Gasteiger partial charge in [0.1, 0.15) is 5.70 Å². The molecule has 0 bridgehead atoms. The number of fused-ring (bicyclic) bond motifs is 1. The summed E-state index contributed by atoms with van der Waals surface area (Å²) in [6.07, 6.45) is -0.799. The summed E-state index contributed by atoms with van der Waals surface area (Å²) in [4.78, 5) is 38.2. The standard InChI is InChI=1S/C18H27N3O6S/c1-7-12-11(8(2)22)17(24)21(12)13(18(25)26)15(7)28-9-5-10(20-6-9)14(27-4)16(23)19-3/h7-12,14,20,22H,5-6H2,1-4H3,(H,19,23)(H,25,26)/t7-,8-,9+,10+,11-,12-,14?/m1/s1. The number of carboxylic acid groups (broad SMARTS) is 1. The zero-order valence-electron chi connectivity index (χ0n) is 16.3. The van der Waals surface area contributed by atoms with Gasteiger partial charge in [0, 0.05) is 42.8 Å². The van der Waals surface area contributed by atoms with Crippen molar-refractivity contribution in [1.29, 1.82) is 0 Å². The predicted octanol–water partition coefficient (Wildman–Crippen LogP) is -0.635. The van der Waals surface area contributed by atoms with Crippen molar-refractivity contribution in [3.8, 4) is 0 Å². The SMILES string of the molecule is CNC(=O)C(OC)[C@@H]1C[C@H](SC2=C(C(=O)O)N3C(=O)[C@H]([C@@H](C)O)[C@H]3[C@H]2C)CN1. The largest absolute Gasteiger partial charge is 0.477 e. The summed E-state index contributed by atoms with van der Waals surface area (Å²) in [6, 6.07) is -0.485. The minimum atomic E-state index is -1.13. The molecule has 2 saturated heterocycles. The summed E-state index contributed by atoms with van der Waals surface area (Å²) in [6.45, 7) is 4.07. The number of nitrogens with one attached hydrogen (secondary N) is 2. The van der Waals surface area contributed by atoms with Gasteiger partial charge in [-0.25, -0.2) is 4.79 Å². The van der Waals surface area contributed by atoms with E-state index in [0.717, 1.165) is 0 Å². The Kier molecular flexibility index (Phi) is 6.04. The predicted molar refractivity (Wildman–Crippen MR) is 102 cm³/mol. The van der Waals surface area contributed by atoms with Gasteiger partial charge in [0.05, 0.1) is 18.1 Å². The maximum absolute atomic E-state index is 12.4. The molecule has 3 rings (SSSR count). The summed E-state index contributed by atoms with van der Waals surface area (Å²) in [7, 11) is 3.04. The number of rotatable bonds is 7. The third kappa shape index (κ3) is 3.32. The molecule has 0 spiro atoms. The second-order valence-electron chi connectivity index (χ2n) is 7.53. The number of aliphatic hydroxyl groups is 1. The number of hydrogen-bond donors (Lipinski definition) is 4. The molecule has 7 atom stereocenters. The summed E-state index contributed by atoms with van der Waals surface area (Å²) in [5, 5.41) is 25.5. The number of carboxylic acids is 1. The van der Waals surface area contributed by atoms with Gasteiger partial charge >= 0.3 is 5.97 Å². The van der Waals surface area contributed by atoms with Gasteiger partial charge in [0.2, 0.25) is 11.8 Å². The first-order chi connectivity index (χ1) is 13.2. The summed E-state index contributed by atoms with van der Waals surface area (Å²) in [5.41, 5.74) is 0.0300. The Labute approximate surface area is 167 Å². The van der Waals surface area contributed by atoms with E-state index in [1.807, 2.05) is 6.92 Å². The Morgan fingerprint density at radius 2 is 2.11 bits per heavy atom. The third-order valence-electron chi connectivity index (χ3n) is 5.85. The van der Waals surface area contributed by atoms with Gasteiger partial charge in [0.15, 0.2) is 6.10 Å². The molecule has 0 aliphatic carbocycles. The van der Waals surface area contributed by atoms with Crippen LogP contribution in [0.15, 0.2) is 10.6 Å². The van der Waals surface area contributed by atoms with Crippen LogP contribution >= 0.6 is 11.8 Å². The van der Waals surface area contributed by atoms with Gasteiger partial charge in [-0.3, -0.25) is 9.59 Å². The number of methoxy groups -OCH3 is 1. The van der Waals surface area contributed by atoms with E-state index < -0.39 is 24.1 Å². The van der Waals surface area contributed by atoms with Gasteiger partial charge < -0.3 is 30.5 Å². The molecule has 3 aliphatic heterocycles. The molecule has 0 aromatic carbocycles. The average molecular weight is 413 g/mol. The molecule has 156 valence electrons. The van der Waals surface area contributed by atoms with E-state index in [9.17, 15) is 24.6 Å². The molecule has 3 aliphatic rings. The van der Waals surface area contributed by atoms with Gasteiger partial charge in [-0.05, 0) is 13.3 Å². The number of nitrogens with zero attached hydrogens (tertiary/aromatic N) is 1. The molecular weight excluding hydrogens is 386 g/mol. The van der Waals surface area contributed by atoms with Crippen molar-refractivity contribution >= 4 is 29.5 Å². The Morgan fingerprint density at radius 3 is 2.64 bits per heavy atom. The van der Waals surface area contributed by atoms with E-state index in [1.165, 1.54) is 23.8 Å². The van der Waals surface area contributed by atoms with Crippen molar-refractivity contribution in [2.24, 2.45) is 11.8 Å². The lowest BCUT2D eigenvalue weighted by Crippen LogP contribution is -2.63. The lowest BCUT2D eigenvalue weighted by molar-refractivity contribution is -0.163. The van der Waals surface area contributed by atoms with Crippen LogP contribution < -0.4 is 10.6 Å². The summed E-state index contributed by atoms with van der Waals surface area (Å²) in [5.74, 6) is -2.40. The molecule has 0 aromatic heterocycles. The summed E-state index contributed by atoms with van der Waals surface area (Å²) >= 11 is 1.45. The molecule has 0 aromatic rings. The number of thioether (sulfide) groups is 1. The first-order valence-electron chi connectivity index (χ1n) is 9.35. The number of hydrogen-bond acceptors (Lipinski definition) is 7. The van der Waals surface area contributed by atoms with E-state index in [2.05, 4.69) is 10.6 Å². The number of ether oxygens (including phenoxy) is 1. The van der Waals surface area contributed by atoms with Gasteiger partial charge in [-0.1, -0.05) is 6.92 Å². The minimum Gasteiger partial charge on any atom is -0.477 e. The van der Waals surface area contributed by atoms with Crippen molar-refractivity contribution in [3.05, 3.63) is 10.6 Å². The highest BCUT2D eigenvalue weighted by Gasteiger charge is 2.60. The number of amides is 2. The number of aliphatic hydroxyl groups excluding tert-OH is 1. The highest BCUT2D eigenvalue weighted by molar-refractivity contribution is 8.03. The molecule has 28 heavy (non-hydrogen) atoms. The Morgan fingerprint density at radius 1 is 1.43 bits per heavy atom. The van der Waals surface area contributed by atoms with Crippen LogP contribution in [0.5, 0.6) is 0 Å². The molecule has 2 fully saturated rings.